The Morgan fingerprint density at radius 1 is 1.31 bits per heavy atom. The minimum Gasteiger partial charge on any atom is -0.481 e. The maximum atomic E-state index is 11.2. The van der Waals surface area contributed by atoms with E-state index in [1.54, 1.807) is 6.92 Å². The highest BCUT2D eigenvalue weighted by Crippen LogP contribution is 2.04. The van der Waals surface area contributed by atoms with Crippen LogP contribution in [0.3, 0.4) is 0 Å². The van der Waals surface area contributed by atoms with Gasteiger partial charge >= 0.3 is 5.97 Å². The Balaban J connectivity index is 3.44. The van der Waals surface area contributed by atoms with Crippen LogP contribution < -0.4 is 5.32 Å². The number of carboxylic acid groups (broad SMARTS) is 1. The summed E-state index contributed by atoms with van der Waals surface area (Å²) in [5.74, 6) is -1.31. The van der Waals surface area contributed by atoms with E-state index in [1.807, 2.05) is 13.8 Å². The van der Waals surface area contributed by atoms with Crippen molar-refractivity contribution < 1.29 is 19.4 Å². The van der Waals surface area contributed by atoms with Crippen LogP contribution in [0.1, 0.15) is 33.6 Å². The van der Waals surface area contributed by atoms with Gasteiger partial charge in [0.2, 0.25) is 5.91 Å². The molecule has 1 atom stereocenters. The lowest BCUT2D eigenvalue weighted by molar-refractivity contribution is -0.141. The summed E-state index contributed by atoms with van der Waals surface area (Å²) in [4.78, 5) is 21.7. The monoisotopic (exact) mass is 231 g/mol. The van der Waals surface area contributed by atoms with E-state index in [1.165, 1.54) is 0 Å². The van der Waals surface area contributed by atoms with Crippen LogP contribution >= 0.6 is 0 Å². The molecule has 0 aromatic carbocycles. The van der Waals surface area contributed by atoms with Crippen molar-refractivity contribution in [3.05, 3.63) is 0 Å². The Hall–Kier alpha value is -1.10. The number of carbonyl (C=O) groups excluding carboxylic acids is 1. The fourth-order valence-corrected chi connectivity index (χ4v) is 1.05. The average Bonchev–Trinajstić information content (AvgIpc) is 2.20. The molecule has 0 spiro atoms. The molecule has 0 aromatic rings. The molecule has 0 aromatic heterocycles. The van der Waals surface area contributed by atoms with Crippen LogP contribution in [0.2, 0.25) is 0 Å². The molecule has 0 radical (unpaired) electrons. The van der Waals surface area contributed by atoms with Gasteiger partial charge in [-0.25, -0.2) is 0 Å². The van der Waals surface area contributed by atoms with E-state index in [2.05, 4.69) is 5.32 Å². The minimum atomic E-state index is -0.797. The summed E-state index contributed by atoms with van der Waals surface area (Å²) in [5, 5.41) is 11.3. The second kappa shape index (κ2) is 8.10. The number of rotatable bonds is 8. The first-order valence-electron chi connectivity index (χ1n) is 5.54. The van der Waals surface area contributed by atoms with Crippen molar-refractivity contribution in [2.24, 2.45) is 5.92 Å². The lowest BCUT2D eigenvalue weighted by atomic mass is 10.1. The second-order valence-electron chi connectivity index (χ2n) is 4.09. The van der Waals surface area contributed by atoms with E-state index in [4.69, 9.17) is 9.84 Å². The molecule has 0 bridgehead atoms. The molecular weight excluding hydrogens is 210 g/mol. The van der Waals surface area contributed by atoms with Crippen LogP contribution in [0.25, 0.3) is 0 Å². The van der Waals surface area contributed by atoms with Gasteiger partial charge < -0.3 is 15.2 Å². The van der Waals surface area contributed by atoms with E-state index in [9.17, 15) is 9.59 Å². The highest BCUT2D eigenvalue weighted by Gasteiger charge is 2.10. The van der Waals surface area contributed by atoms with Gasteiger partial charge in [0.15, 0.2) is 0 Å². The third kappa shape index (κ3) is 8.23. The van der Waals surface area contributed by atoms with Crippen molar-refractivity contribution in [3.8, 4) is 0 Å². The van der Waals surface area contributed by atoms with Crippen LogP contribution in [0.5, 0.6) is 0 Å². The molecule has 0 heterocycles. The lowest BCUT2D eigenvalue weighted by Gasteiger charge is -2.09. The largest absolute Gasteiger partial charge is 0.481 e. The average molecular weight is 231 g/mol. The summed E-state index contributed by atoms with van der Waals surface area (Å²) in [6, 6.07) is 0. The molecule has 0 saturated heterocycles. The number of hydrogen-bond donors (Lipinski definition) is 2. The number of hydrogen-bond acceptors (Lipinski definition) is 3. The topological polar surface area (TPSA) is 75.6 Å². The molecular formula is C11H21NO4. The molecule has 5 nitrogen and oxygen atoms in total. The fraction of sp³-hybridized carbons (Fsp3) is 0.818. The Morgan fingerprint density at radius 3 is 2.44 bits per heavy atom. The molecule has 0 aliphatic heterocycles. The zero-order valence-electron chi connectivity index (χ0n) is 10.2. The van der Waals surface area contributed by atoms with Gasteiger partial charge in [0.1, 0.15) is 6.61 Å². The van der Waals surface area contributed by atoms with Gasteiger partial charge in [-0.1, -0.05) is 6.92 Å². The molecule has 16 heavy (non-hydrogen) atoms. The van der Waals surface area contributed by atoms with Crippen LogP contribution in [0.15, 0.2) is 0 Å². The van der Waals surface area contributed by atoms with E-state index in [0.29, 0.717) is 19.4 Å². The third-order valence-corrected chi connectivity index (χ3v) is 2.11. The van der Waals surface area contributed by atoms with Gasteiger partial charge in [-0.3, -0.25) is 9.59 Å². The summed E-state index contributed by atoms with van der Waals surface area (Å²) in [6.45, 7) is 5.94. The first-order chi connectivity index (χ1) is 7.43. The van der Waals surface area contributed by atoms with E-state index in [0.717, 1.165) is 0 Å². The van der Waals surface area contributed by atoms with E-state index >= 15 is 0 Å². The standard InChI is InChI=1S/C11H21NO4/c1-8(2)16-7-10(13)12-6-4-5-9(3)11(14)15/h8-9H,4-7H2,1-3H3,(H,12,13)(H,14,15). The van der Waals surface area contributed by atoms with Gasteiger partial charge in [-0.05, 0) is 26.7 Å². The van der Waals surface area contributed by atoms with Crippen LogP contribution in [0.4, 0.5) is 0 Å². The number of aliphatic carboxylic acids is 1. The van der Waals surface area contributed by atoms with E-state index < -0.39 is 5.97 Å². The van der Waals surface area contributed by atoms with Crippen molar-refractivity contribution in [1.82, 2.24) is 5.32 Å². The molecule has 94 valence electrons. The number of carboxylic acids is 1. The smallest absolute Gasteiger partial charge is 0.306 e. The van der Waals surface area contributed by atoms with Crippen LogP contribution in [-0.2, 0) is 14.3 Å². The second-order valence-corrected chi connectivity index (χ2v) is 4.09. The van der Waals surface area contributed by atoms with Crippen LogP contribution in [0, 0.1) is 5.92 Å². The predicted molar refractivity (Wildman–Crippen MR) is 60.1 cm³/mol. The summed E-state index contributed by atoms with van der Waals surface area (Å²) < 4.78 is 5.11. The Morgan fingerprint density at radius 2 is 1.94 bits per heavy atom. The first kappa shape index (κ1) is 14.9. The molecule has 1 amide bonds. The number of ether oxygens (including phenoxy) is 1. The van der Waals surface area contributed by atoms with Gasteiger partial charge in [0.25, 0.3) is 0 Å². The van der Waals surface area contributed by atoms with Crippen molar-refractivity contribution in [2.45, 2.75) is 39.7 Å². The number of carbonyl (C=O) groups is 2. The highest BCUT2D eigenvalue weighted by molar-refractivity contribution is 5.77. The molecule has 0 rings (SSSR count). The Labute approximate surface area is 96.2 Å². The van der Waals surface area contributed by atoms with Crippen molar-refractivity contribution >= 4 is 11.9 Å². The number of nitrogens with one attached hydrogen (secondary N) is 1. The quantitative estimate of drug-likeness (QED) is 0.612. The third-order valence-electron chi connectivity index (χ3n) is 2.11. The van der Waals surface area contributed by atoms with E-state index in [-0.39, 0.29) is 24.5 Å². The maximum absolute atomic E-state index is 11.2. The van der Waals surface area contributed by atoms with Crippen LogP contribution in [-0.4, -0.2) is 36.2 Å². The van der Waals surface area contributed by atoms with Crippen molar-refractivity contribution in [1.29, 1.82) is 0 Å². The first-order valence-corrected chi connectivity index (χ1v) is 5.54. The van der Waals surface area contributed by atoms with Gasteiger partial charge in [-0.2, -0.15) is 0 Å². The molecule has 0 saturated carbocycles. The number of amides is 1. The van der Waals surface area contributed by atoms with Gasteiger partial charge in [-0.15, -0.1) is 0 Å². The normalized spacial score (nSPS) is 12.5. The van der Waals surface area contributed by atoms with Crippen molar-refractivity contribution in [2.75, 3.05) is 13.2 Å². The fourth-order valence-electron chi connectivity index (χ4n) is 1.05. The van der Waals surface area contributed by atoms with Gasteiger partial charge in [0, 0.05) is 6.54 Å². The molecule has 1 unspecified atom stereocenters. The summed E-state index contributed by atoms with van der Waals surface area (Å²) in [6.07, 6.45) is 1.28. The molecule has 0 fully saturated rings. The highest BCUT2D eigenvalue weighted by atomic mass is 16.5. The predicted octanol–water partition coefficient (Wildman–Crippen LogP) is 1.03. The summed E-state index contributed by atoms with van der Waals surface area (Å²) in [7, 11) is 0. The molecule has 5 heteroatoms. The molecule has 0 aliphatic carbocycles. The SMILES string of the molecule is CC(C)OCC(=O)NCCCC(C)C(=O)O. The maximum Gasteiger partial charge on any atom is 0.306 e. The minimum absolute atomic E-state index is 0.0396. The zero-order valence-corrected chi connectivity index (χ0v) is 10.2. The van der Waals surface area contributed by atoms with Crippen molar-refractivity contribution in [3.63, 3.8) is 0 Å². The zero-order chi connectivity index (χ0) is 12.6. The Bertz CT molecular complexity index is 228. The molecule has 2 N–H and O–H groups in total. The molecule has 0 aliphatic rings. The Kier molecular flexibility index (Phi) is 7.54. The summed E-state index contributed by atoms with van der Waals surface area (Å²) in [5.41, 5.74) is 0. The van der Waals surface area contributed by atoms with Gasteiger partial charge in [0.05, 0.1) is 12.0 Å². The lowest BCUT2D eigenvalue weighted by Crippen LogP contribution is -2.30. The summed E-state index contributed by atoms with van der Waals surface area (Å²) >= 11 is 0.